The molecular formula is C53H34N2. The van der Waals surface area contributed by atoms with Crippen molar-refractivity contribution in [3.8, 4) is 27.9 Å². The molecule has 0 saturated carbocycles. The topological polar surface area (TPSA) is 8.17 Å². The Morgan fingerprint density at radius 3 is 1.87 bits per heavy atom. The maximum absolute atomic E-state index is 9.59. The van der Waals surface area contributed by atoms with Crippen LogP contribution in [0.15, 0.2) is 206 Å². The fraction of sp³-hybridized carbons (Fsp3) is 0.0189. The van der Waals surface area contributed by atoms with Crippen LogP contribution < -0.4 is 4.90 Å². The van der Waals surface area contributed by atoms with Crippen LogP contribution >= 0.6 is 0 Å². The van der Waals surface area contributed by atoms with Crippen molar-refractivity contribution in [2.75, 3.05) is 4.90 Å². The van der Waals surface area contributed by atoms with Crippen LogP contribution in [0, 0.1) is 0 Å². The number of anilines is 3. The third-order valence-corrected chi connectivity index (χ3v) is 11.9. The SMILES string of the molecule is [2H]c1c([2H])c([2H])c2c(c1[2H])-c1ccccc1C21c2ccccc2-c2cccc3c(N(c4ccccc4)c4ccc5c6ccccc6n(-c6ccccc6)c5c4)ccc1c23. The number of hydrogen-bond acceptors (Lipinski definition) is 1. The summed E-state index contributed by atoms with van der Waals surface area (Å²) >= 11 is 0. The molecule has 0 saturated heterocycles. The summed E-state index contributed by atoms with van der Waals surface area (Å²) in [6.45, 7) is 0. The number of aromatic nitrogens is 1. The van der Waals surface area contributed by atoms with Gasteiger partial charge < -0.3 is 9.47 Å². The summed E-state index contributed by atoms with van der Waals surface area (Å²) in [7, 11) is 0. The molecule has 1 atom stereocenters. The van der Waals surface area contributed by atoms with Gasteiger partial charge in [-0.1, -0.05) is 158 Å². The molecule has 0 N–H and O–H groups in total. The fourth-order valence-corrected chi connectivity index (χ4v) is 9.79. The van der Waals surface area contributed by atoms with Gasteiger partial charge in [0.05, 0.1) is 27.6 Å². The van der Waals surface area contributed by atoms with Gasteiger partial charge in [-0.15, -0.1) is 0 Å². The number of rotatable bonds is 4. The van der Waals surface area contributed by atoms with Gasteiger partial charge >= 0.3 is 0 Å². The quantitative estimate of drug-likeness (QED) is 0.177. The molecule has 1 aromatic heterocycles. The highest BCUT2D eigenvalue weighted by Crippen LogP contribution is 2.62. The van der Waals surface area contributed by atoms with Crippen LogP contribution in [0.3, 0.4) is 0 Å². The minimum atomic E-state index is -0.989. The van der Waals surface area contributed by atoms with E-state index in [1.54, 1.807) is 0 Å². The van der Waals surface area contributed by atoms with E-state index in [0.29, 0.717) is 11.1 Å². The van der Waals surface area contributed by atoms with Gasteiger partial charge in [-0.3, -0.25) is 0 Å². The minimum absolute atomic E-state index is 0.00312. The Morgan fingerprint density at radius 2 is 1.05 bits per heavy atom. The van der Waals surface area contributed by atoms with Crippen molar-refractivity contribution in [3.63, 3.8) is 0 Å². The third-order valence-electron chi connectivity index (χ3n) is 11.9. The van der Waals surface area contributed by atoms with Crippen LogP contribution in [-0.2, 0) is 5.41 Å². The van der Waals surface area contributed by atoms with Crippen LogP contribution in [0.1, 0.15) is 27.7 Å². The second kappa shape index (κ2) is 11.4. The van der Waals surface area contributed by atoms with Gasteiger partial charge in [0.15, 0.2) is 0 Å². The second-order valence-corrected chi connectivity index (χ2v) is 14.5. The lowest BCUT2D eigenvalue weighted by atomic mass is 9.61. The number of hydrogen-bond donors (Lipinski definition) is 0. The molecule has 2 heteroatoms. The molecule has 0 fully saturated rings. The maximum Gasteiger partial charge on any atom is 0.0725 e. The molecule has 0 amide bonds. The van der Waals surface area contributed by atoms with E-state index in [1.165, 1.54) is 10.8 Å². The van der Waals surface area contributed by atoms with Crippen molar-refractivity contribution in [1.82, 2.24) is 4.57 Å². The van der Waals surface area contributed by atoms with Crippen molar-refractivity contribution in [2.24, 2.45) is 0 Å². The Labute approximate surface area is 325 Å². The van der Waals surface area contributed by atoms with E-state index in [-0.39, 0.29) is 24.2 Å². The third kappa shape index (κ3) is 4.03. The Bertz CT molecular complexity index is 3390. The molecule has 12 rings (SSSR count). The summed E-state index contributed by atoms with van der Waals surface area (Å²) in [5.41, 5.74) is 12.6. The summed E-state index contributed by atoms with van der Waals surface area (Å²) in [4.78, 5) is 2.35. The normalized spacial score (nSPS) is 16.0. The van der Waals surface area contributed by atoms with Crippen molar-refractivity contribution < 1.29 is 5.48 Å². The van der Waals surface area contributed by atoms with Crippen molar-refractivity contribution >= 4 is 49.6 Å². The largest absolute Gasteiger partial charge is 0.310 e. The van der Waals surface area contributed by atoms with E-state index in [0.717, 1.165) is 77.9 Å². The monoisotopic (exact) mass is 702 g/mol. The Morgan fingerprint density at radius 1 is 0.418 bits per heavy atom. The fourth-order valence-electron chi connectivity index (χ4n) is 9.79. The van der Waals surface area contributed by atoms with Crippen LogP contribution in [0.5, 0.6) is 0 Å². The molecule has 55 heavy (non-hydrogen) atoms. The van der Waals surface area contributed by atoms with Gasteiger partial charge in [0.2, 0.25) is 0 Å². The molecule has 0 aliphatic heterocycles. The average Bonchev–Trinajstić information content (AvgIpc) is 3.79. The summed E-state index contributed by atoms with van der Waals surface area (Å²) in [5.74, 6) is 0. The first-order valence-corrected chi connectivity index (χ1v) is 18.8. The zero-order valence-electron chi connectivity index (χ0n) is 33.7. The maximum atomic E-state index is 9.59. The number of benzene rings is 9. The van der Waals surface area contributed by atoms with E-state index in [1.807, 2.05) is 30.3 Å². The van der Waals surface area contributed by atoms with Crippen molar-refractivity contribution in [1.29, 1.82) is 0 Å². The smallest absolute Gasteiger partial charge is 0.0725 e. The zero-order chi connectivity index (χ0) is 39.6. The summed E-state index contributed by atoms with van der Waals surface area (Å²) in [5, 5.41) is 4.50. The van der Waals surface area contributed by atoms with Crippen LogP contribution in [0.2, 0.25) is 0 Å². The second-order valence-electron chi connectivity index (χ2n) is 14.5. The van der Waals surface area contributed by atoms with Gasteiger partial charge in [-0.2, -0.15) is 0 Å². The molecular weight excluding hydrogens is 665 g/mol. The number of para-hydroxylation sites is 3. The minimum Gasteiger partial charge on any atom is -0.310 e. The average molecular weight is 703 g/mol. The standard InChI is InChI=1S/C53H34N2/c1-3-16-35(17-4-1)54(37-30-31-42-41-23-10-14-29-49(41)55(51(42)34-37)36-18-5-2-6-19-36)50-33-32-48-52-43(24-15-25-44(50)52)40-22-9-13-28-47(40)53(48)45-26-11-7-20-38(45)39-21-8-12-27-46(39)53/h1-34H/i7D,11D,20D,26D. The van der Waals surface area contributed by atoms with Gasteiger partial charge in [0.25, 0.3) is 0 Å². The van der Waals surface area contributed by atoms with Gasteiger partial charge in [-0.25, -0.2) is 0 Å². The van der Waals surface area contributed by atoms with Gasteiger partial charge in [0.1, 0.15) is 0 Å². The Hall–Kier alpha value is -7.16. The van der Waals surface area contributed by atoms with E-state index < -0.39 is 5.41 Å². The Balaban J connectivity index is 1.19. The summed E-state index contributed by atoms with van der Waals surface area (Å²) in [6.07, 6.45) is 0. The molecule has 2 nitrogen and oxygen atoms in total. The van der Waals surface area contributed by atoms with Crippen molar-refractivity contribution in [3.05, 3.63) is 228 Å². The first kappa shape index (κ1) is 26.6. The van der Waals surface area contributed by atoms with Gasteiger partial charge in [0, 0.05) is 33.2 Å². The van der Waals surface area contributed by atoms with Crippen LogP contribution in [0.4, 0.5) is 17.1 Å². The van der Waals surface area contributed by atoms with Crippen LogP contribution in [0.25, 0.3) is 60.5 Å². The molecule has 10 aromatic rings. The molecule has 1 spiro atoms. The molecule has 2 aliphatic carbocycles. The first-order valence-electron chi connectivity index (χ1n) is 20.8. The summed E-state index contributed by atoms with van der Waals surface area (Å²) in [6, 6.07) is 63.5. The molecule has 256 valence electrons. The van der Waals surface area contributed by atoms with Gasteiger partial charge in [-0.05, 0) is 98.4 Å². The molecule has 0 radical (unpaired) electrons. The highest BCUT2D eigenvalue weighted by Gasteiger charge is 2.50. The molecule has 1 heterocycles. The van der Waals surface area contributed by atoms with E-state index in [9.17, 15) is 2.74 Å². The lowest BCUT2D eigenvalue weighted by molar-refractivity contribution is 0.773. The molecule has 2 aliphatic rings. The van der Waals surface area contributed by atoms with E-state index >= 15 is 0 Å². The molecule has 1 unspecified atom stereocenters. The van der Waals surface area contributed by atoms with E-state index in [2.05, 4.69) is 161 Å². The summed E-state index contributed by atoms with van der Waals surface area (Å²) < 4.78 is 38.9. The number of nitrogens with zero attached hydrogens (tertiary/aromatic N) is 2. The Kier molecular flexibility index (Phi) is 5.52. The predicted molar refractivity (Wildman–Crippen MR) is 229 cm³/mol. The highest BCUT2D eigenvalue weighted by molar-refractivity contribution is 6.14. The van der Waals surface area contributed by atoms with Crippen LogP contribution in [-0.4, -0.2) is 4.57 Å². The molecule has 9 aromatic carbocycles. The van der Waals surface area contributed by atoms with Crippen molar-refractivity contribution in [2.45, 2.75) is 5.41 Å². The molecule has 0 bridgehead atoms. The predicted octanol–water partition coefficient (Wildman–Crippen LogP) is 13.8. The zero-order valence-corrected chi connectivity index (χ0v) is 29.7. The van der Waals surface area contributed by atoms with E-state index in [4.69, 9.17) is 2.74 Å². The number of fused-ring (bicyclic) bond motifs is 12. The highest BCUT2D eigenvalue weighted by atomic mass is 15.1. The first-order chi connectivity index (χ1) is 29.0. The lowest BCUT2D eigenvalue weighted by Crippen LogP contribution is -2.32. The lowest BCUT2D eigenvalue weighted by Gasteiger charge is -2.40.